The third-order valence-corrected chi connectivity index (χ3v) is 1.01. The molecular weight excluding hydrogens is 148 g/mol. The Labute approximate surface area is 65.7 Å². The van der Waals surface area contributed by atoms with Crippen molar-refractivity contribution in [1.29, 1.82) is 0 Å². The molecule has 3 N–H and O–H groups in total. The highest BCUT2D eigenvalue weighted by atomic mass is 16.5. The van der Waals surface area contributed by atoms with Gasteiger partial charge in [-0.3, -0.25) is 0 Å². The minimum atomic E-state index is -0.808. The van der Waals surface area contributed by atoms with Gasteiger partial charge in [0.2, 0.25) is 0 Å². The summed E-state index contributed by atoms with van der Waals surface area (Å²) < 4.78 is 4.88. The minimum Gasteiger partial charge on any atom is -0.394 e. The van der Waals surface area contributed by atoms with Gasteiger partial charge in [0.25, 0.3) is 0 Å². The highest BCUT2D eigenvalue weighted by molar-refractivity contribution is 4.80. The molecule has 0 rings (SSSR count). The van der Waals surface area contributed by atoms with E-state index in [1.165, 1.54) is 0 Å². The average Bonchev–Trinajstić information content (AvgIpc) is 2.04. The van der Waals surface area contributed by atoms with Crippen molar-refractivity contribution in [2.45, 2.75) is 6.10 Å². The summed E-state index contributed by atoms with van der Waals surface area (Å²) in [6.07, 6.45) is 2.38. The quantitative estimate of drug-likeness (QED) is 0.342. The fourth-order valence-electron chi connectivity index (χ4n) is 0.467. The molecule has 0 bridgehead atoms. The third kappa shape index (κ3) is 7.48. The molecule has 0 radical (unpaired) electrons. The van der Waals surface area contributed by atoms with Crippen molar-refractivity contribution in [3.63, 3.8) is 0 Å². The molecule has 4 nitrogen and oxygen atoms in total. The van der Waals surface area contributed by atoms with Crippen LogP contribution in [0.15, 0.2) is 12.2 Å². The fourth-order valence-corrected chi connectivity index (χ4v) is 0.467. The van der Waals surface area contributed by atoms with Crippen molar-refractivity contribution in [2.75, 3.05) is 26.4 Å². The summed E-state index contributed by atoms with van der Waals surface area (Å²) in [7, 11) is 0. The zero-order chi connectivity index (χ0) is 8.53. The van der Waals surface area contributed by atoms with Crippen LogP contribution in [0.5, 0.6) is 0 Å². The second-order valence-corrected chi connectivity index (χ2v) is 2.03. The van der Waals surface area contributed by atoms with Crippen LogP contribution in [0.2, 0.25) is 0 Å². The standard InChI is InChI=1S/C7H14O4/c8-3-1-2-4-11-6-7(10)5-9/h1-2,7-10H,3-6H2. The lowest BCUT2D eigenvalue weighted by Gasteiger charge is -2.05. The average molecular weight is 162 g/mol. The number of rotatable bonds is 6. The summed E-state index contributed by atoms with van der Waals surface area (Å²) in [6.45, 7) is 0.166. The van der Waals surface area contributed by atoms with E-state index in [-0.39, 0.29) is 19.8 Å². The number of aliphatic hydroxyl groups is 3. The molecule has 0 saturated carbocycles. The lowest BCUT2D eigenvalue weighted by molar-refractivity contribution is 0.0149. The Bertz CT molecular complexity index is 103. The van der Waals surface area contributed by atoms with E-state index in [0.717, 1.165) is 0 Å². The molecule has 0 aromatic rings. The molecule has 1 unspecified atom stereocenters. The topological polar surface area (TPSA) is 69.9 Å². The molecule has 0 aromatic heterocycles. The van der Waals surface area contributed by atoms with Crippen LogP contribution in [-0.4, -0.2) is 47.9 Å². The Morgan fingerprint density at radius 1 is 1.27 bits per heavy atom. The maximum absolute atomic E-state index is 8.77. The minimum absolute atomic E-state index is 0.00802. The molecule has 0 heterocycles. The van der Waals surface area contributed by atoms with Crippen LogP contribution in [0.25, 0.3) is 0 Å². The first-order chi connectivity index (χ1) is 5.31. The number of hydrogen-bond acceptors (Lipinski definition) is 4. The molecule has 0 spiro atoms. The van der Waals surface area contributed by atoms with Crippen LogP contribution in [0.3, 0.4) is 0 Å². The zero-order valence-electron chi connectivity index (χ0n) is 6.31. The van der Waals surface area contributed by atoms with E-state index in [4.69, 9.17) is 20.1 Å². The van der Waals surface area contributed by atoms with E-state index in [1.54, 1.807) is 12.2 Å². The van der Waals surface area contributed by atoms with Crippen LogP contribution in [0.1, 0.15) is 0 Å². The van der Waals surface area contributed by atoms with Crippen LogP contribution < -0.4 is 0 Å². The second-order valence-electron chi connectivity index (χ2n) is 2.03. The summed E-state index contributed by atoms with van der Waals surface area (Å²) >= 11 is 0. The fraction of sp³-hybridized carbons (Fsp3) is 0.714. The molecule has 0 saturated heterocycles. The SMILES string of the molecule is OCC=CCOCC(O)CO. The van der Waals surface area contributed by atoms with Gasteiger partial charge in [-0.15, -0.1) is 0 Å². The zero-order valence-corrected chi connectivity index (χ0v) is 6.31. The summed E-state index contributed by atoms with van der Waals surface area (Å²) in [5.41, 5.74) is 0. The molecule has 0 amide bonds. The van der Waals surface area contributed by atoms with Gasteiger partial charge < -0.3 is 20.1 Å². The molecule has 66 valence electrons. The molecule has 1 atom stereocenters. The van der Waals surface area contributed by atoms with Gasteiger partial charge in [0, 0.05) is 0 Å². The van der Waals surface area contributed by atoms with E-state index >= 15 is 0 Å². The monoisotopic (exact) mass is 162 g/mol. The Morgan fingerprint density at radius 3 is 2.55 bits per heavy atom. The van der Waals surface area contributed by atoms with Gasteiger partial charge in [-0.25, -0.2) is 0 Å². The molecule has 0 aliphatic rings. The van der Waals surface area contributed by atoms with Gasteiger partial charge in [-0.1, -0.05) is 12.2 Å². The molecule has 0 aliphatic carbocycles. The largest absolute Gasteiger partial charge is 0.394 e. The lowest BCUT2D eigenvalue weighted by Crippen LogP contribution is -2.19. The van der Waals surface area contributed by atoms with Crippen LogP contribution in [-0.2, 0) is 4.74 Å². The molecule has 11 heavy (non-hydrogen) atoms. The molecule has 4 heteroatoms. The predicted octanol–water partition coefficient (Wildman–Crippen LogP) is -1.10. The number of ether oxygens (including phenoxy) is 1. The molecular formula is C7H14O4. The third-order valence-electron chi connectivity index (χ3n) is 1.01. The Morgan fingerprint density at radius 2 is 2.00 bits per heavy atom. The van der Waals surface area contributed by atoms with E-state index in [9.17, 15) is 0 Å². The first-order valence-electron chi connectivity index (χ1n) is 3.43. The maximum Gasteiger partial charge on any atom is 0.100 e. The maximum atomic E-state index is 8.77. The summed E-state index contributed by atoms with van der Waals surface area (Å²) in [4.78, 5) is 0. The van der Waals surface area contributed by atoms with Gasteiger partial charge in [-0.2, -0.15) is 0 Å². The van der Waals surface area contributed by atoms with Gasteiger partial charge >= 0.3 is 0 Å². The predicted molar refractivity (Wildman–Crippen MR) is 40.1 cm³/mol. The van der Waals surface area contributed by atoms with E-state index in [0.29, 0.717) is 6.61 Å². The van der Waals surface area contributed by atoms with Crippen LogP contribution in [0.4, 0.5) is 0 Å². The van der Waals surface area contributed by atoms with E-state index < -0.39 is 6.10 Å². The summed E-state index contributed by atoms with van der Waals surface area (Å²) in [5.74, 6) is 0. The smallest absolute Gasteiger partial charge is 0.100 e. The van der Waals surface area contributed by atoms with Crippen molar-refractivity contribution in [1.82, 2.24) is 0 Å². The van der Waals surface area contributed by atoms with Crippen molar-refractivity contribution >= 4 is 0 Å². The van der Waals surface area contributed by atoms with Crippen molar-refractivity contribution in [3.8, 4) is 0 Å². The second kappa shape index (κ2) is 7.68. The van der Waals surface area contributed by atoms with Crippen LogP contribution in [0, 0.1) is 0 Å². The Kier molecular flexibility index (Phi) is 7.39. The van der Waals surface area contributed by atoms with E-state index in [1.807, 2.05) is 0 Å². The lowest BCUT2D eigenvalue weighted by atomic mass is 10.4. The number of hydrogen-bond donors (Lipinski definition) is 3. The highest BCUT2D eigenvalue weighted by Crippen LogP contribution is 1.83. The molecule has 0 aliphatic heterocycles. The molecule has 0 aromatic carbocycles. The molecule has 0 fully saturated rings. The number of aliphatic hydroxyl groups excluding tert-OH is 3. The summed E-state index contributed by atoms with van der Waals surface area (Å²) in [6, 6.07) is 0. The van der Waals surface area contributed by atoms with Gasteiger partial charge in [0.05, 0.1) is 26.4 Å². The van der Waals surface area contributed by atoms with Crippen molar-refractivity contribution in [3.05, 3.63) is 12.2 Å². The van der Waals surface area contributed by atoms with Crippen molar-refractivity contribution in [2.24, 2.45) is 0 Å². The normalized spacial score (nSPS) is 14.1. The van der Waals surface area contributed by atoms with Crippen LogP contribution >= 0.6 is 0 Å². The van der Waals surface area contributed by atoms with Gasteiger partial charge in [0.1, 0.15) is 6.10 Å². The van der Waals surface area contributed by atoms with E-state index in [2.05, 4.69) is 0 Å². The van der Waals surface area contributed by atoms with Crippen molar-refractivity contribution < 1.29 is 20.1 Å². The highest BCUT2D eigenvalue weighted by Gasteiger charge is 1.98. The summed E-state index contributed by atoms with van der Waals surface area (Å²) in [5, 5.41) is 25.4. The van der Waals surface area contributed by atoms with Gasteiger partial charge in [-0.05, 0) is 0 Å². The van der Waals surface area contributed by atoms with Gasteiger partial charge in [0.15, 0.2) is 0 Å². The Balaban J connectivity index is 3.07. The first-order valence-corrected chi connectivity index (χ1v) is 3.43. The Hall–Kier alpha value is -0.420. The first kappa shape index (κ1) is 10.6.